The standard InChI is InChI=1S/C28H39N3O4/c1-29(14-15-33-2)26(32)31-13-10-27-9-8-20(31)25-28(27)11-12-30(17-18-4-5-18)22(27)16-19-6-7-21(34-3)24(35-25)23(19)28/h6-7,18,20,22,25H,4-5,8-17H2,1-3H3/t20-,22-,25+,27-,28+/m1/s1. The zero-order valence-corrected chi connectivity index (χ0v) is 21.4. The van der Waals surface area contributed by atoms with Gasteiger partial charge in [0.1, 0.15) is 6.10 Å². The first-order valence-electron chi connectivity index (χ1n) is 13.7. The SMILES string of the molecule is COCCN(C)C(=O)N1CC[C@@]23CC[C@@H]1[C@@H]1Oc4c(OC)ccc5c4[C@@]12CCN(CC1CC1)[C@@H]3C5. The van der Waals surface area contributed by atoms with E-state index < -0.39 is 0 Å². The Hall–Kier alpha value is -1.99. The molecule has 0 aromatic heterocycles. The molecule has 3 aliphatic carbocycles. The Balaban J connectivity index is 1.35. The Labute approximate surface area is 208 Å². The number of benzene rings is 1. The largest absolute Gasteiger partial charge is 0.493 e. The number of ether oxygens (including phenoxy) is 3. The summed E-state index contributed by atoms with van der Waals surface area (Å²) < 4.78 is 18.1. The molecule has 3 saturated heterocycles. The van der Waals surface area contributed by atoms with E-state index in [1.54, 1.807) is 14.2 Å². The van der Waals surface area contributed by atoms with Crippen LogP contribution in [0.5, 0.6) is 11.5 Å². The minimum absolute atomic E-state index is 0.00875. The summed E-state index contributed by atoms with van der Waals surface area (Å²) in [6.45, 7) is 4.38. The van der Waals surface area contributed by atoms with Crippen molar-refractivity contribution in [2.75, 3.05) is 54.1 Å². The first-order chi connectivity index (χ1) is 17.0. The zero-order valence-electron chi connectivity index (χ0n) is 21.4. The van der Waals surface area contributed by atoms with Crippen molar-refractivity contribution in [3.05, 3.63) is 23.3 Å². The average molecular weight is 482 g/mol. The summed E-state index contributed by atoms with van der Waals surface area (Å²) in [6, 6.07) is 5.18. The van der Waals surface area contributed by atoms with Crippen molar-refractivity contribution in [2.45, 2.75) is 68.5 Å². The van der Waals surface area contributed by atoms with E-state index in [1.807, 2.05) is 11.9 Å². The lowest BCUT2D eigenvalue weighted by Gasteiger charge is -2.66. The highest BCUT2D eigenvalue weighted by atomic mass is 16.5. The van der Waals surface area contributed by atoms with Crippen LogP contribution >= 0.6 is 0 Å². The quantitative estimate of drug-likeness (QED) is 0.624. The molecule has 190 valence electrons. The van der Waals surface area contributed by atoms with Gasteiger partial charge in [0.2, 0.25) is 0 Å². The van der Waals surface area contributed by atoms with Gasteiger partial charge >= 0.3 is 6.03 Å². The molecule has 7 aliphatic rings. The molecule has 1 aromatic carbocycles. The number of hydrogen-bond donors (Lipinski definition) is 0. The predicted molar refractivity (Wildman–Crippen MR) is 132 cm³/mol. The number of likely N-dealkylation sites (tertiary alicyclic amines) is 1. The van der Waals surface area contributed by atoms with E-state index in [2.05, 4.69) is 21.9 Å². The molecule has 5 fully saturated rings. The normalized spacial score (nSPS) is 36.4. The highest BCUT2D eigenvalue weighted by Gasteiger charge is 2.74. The van der Waals surface area contributed by atoms with Crippen molar-refractivity contribution in [1.82, 2.24) is 14.7 Å². The number of methoxy groups -OCH3 is 2. The molecule has 35 heavy (non-hydrogen) atoms. The summed E-state index contributed by atoms with van der Waals surface area (Å²) in [5.74, 6) is 2.72. The van der Waals surface area contributed by atoms with Crippen LogP contribution in [0, 0.1) is 11.3 Å². The maximum absolute atomic E-state index is 13.7. The Morgan fingerprint density at radius 3 is 2.80 bits per heavy atom. The van der Waals surface area contributed by atoms with E-state index in [0.717, 1.165) is 56.2 Å². The maximum Gasteiger partial charge on any atom is 0.320 e. The van der Waals surface area contributed by atoms with Gasteiger partial charge in [0.05, 0.1) is 19.8 Å². The van der Waals surface area contributed by atoms with Crippen LogP contribution in [0.4, 0.5) is 4.79 Å². The molecule has 1 aromatic rings. The number of nitrogens with zero attached hydrogens (tertiary/aromatic N) is 3. The van der Waals surface area contributed by atoms with Crippen molar-refractivity contribution in [3.63, 3.8) is 0 Å². The summed E-state index contributed by atoms with van der Waals surface area (Å²) in [7, 11) is 5.35. The van der Waals surface area contributed by atoms with Gasteiger partial charge in [0.15, 0.2) is 11.5 Å². The number of piperidine rings is 1. The number of fused-ring (bicyclic) bond motifs is 3. The predicted octanol–water partition coefficient (Wildman–Crippen LogP) is 3.29. The molecule has 7 heteroatoms. The summed E-state index contributed by atoms with van der Waals surface area (Å²) in [5.41, 5.74) is 3.04. The van der Waals surface area contributed by atoms with Crippen molar-refractivity contribution >= 4 is 6.03 Å². The lowest BCUT2D eigenvalue weighted by atomic mass is 9.42. The summed E-state index contributed by atoms with van der Waals surface area (Å²) in [6.07, 6.45) is 8.30. The molecule has 0 N–H and O–H groups in total. The molecule has 2 spiro atoms. The molecule has 7 nitrogen and oxygen atoms in total. The van der Waals surface area contributed by atoms with Gasteiger partial charge in [-0.05, 0) is 69.0 Å². The third-order valence-electron chi connectivity index (χ3n) is 10.6. The third kappa shape index (κ3) is 2.83. The summed E-state index contributed by atoms with van der Waals surface area (Å²) in [4.78, 5) is 20.6. The van der Waals surface area contributed by atoms with Crippen molar-refractivity contribution in [3.8, 4) is 11.5 Å². The second-order valence-electron chi connectivity index (χ2n) is 12.0. The van der Waals surface area contributed by atoms with Crippen LogP contribution in [-0.4, -0.2) is 93.0 Å². The Morgan fingerprint density at radius 1 is 1.17 bits per heavy atom. The molecule has 4 aliphatic heterocycles. The number of hydrogen-bond acceptors (Lipinski definition) is 5. The first-order valence-corrected chi connectivity index (χ1v) is 13.7. The van der Waals surface area contributed by atoms with Crippen LogP contribution < -0.4 is 9.47 Å². The fraction of sp³-hybridized carbons (Fsp3) is 0.750. The van der Waals surface area contributed by atoms with Gasteiger partial charge in [-0.2, -0.15) is 0 Å². The van der Waals surface area contributed by atoms with Gasteiger partial charge in [-0.3, -0.25) is 4.90 Å². The Kier molecular flexibility index (Phi) is 4.92. The monoisotopic (exact) mass is 481 g/mol. The topological polar surface area (TPSA) is 54.5 Å². The van der Waals surface area contributed by atoms with Crippen molar-refractivity contribution in [2.24, 2.45) is 11.3 Å². The Bertz CT molecular complexity index is 1040. The highest BCUT2D eigenvalue weighted by molar-refractivity contribution is 5.75. The lowest BCUT2D eigenvalue weighted by Crippen LogP contribution is -2.73. The molecular weight excluding hydrogens is 442 g/mol. The number of urea groups is 1. The molecule has 8 rings (SSSR count). The minimum atomic E-state index is -0.0157. The zero-order chi connectivity index (χ0) is 23.9. The number of carbonyl (C=O) groups is 1. The van der Waals surface area contributed by atoms with Crippen LogP contribution in [0.25, 0.3) is 0 Å². The van der Waals surface area contributed by atoms with E-state index in [4.69, 9.17) is 14.2 Å². The Morgan fingerprint density at radius 2 is 2.03 bits per heavy atom. The van der Waals surface area contributed by atoms with Gasteiger partial charge in [-0.15, -0.1) is 0 Å². The number of amides is 2. The fourth-order valence-corrected chi connectivity index (χ4v) is 8.92. The van der Waals surface area contributed by atoms with Gasteiger partial charge in [0, 0.05) is 56.2 Å². The number of likely N-dealkylation sites (N-methyl/N-ethyl adjacent to an activating group) is 1. The smallest absolute Gasteiger partial charge is 0.320 e. The molecule has 2 saturated carbocycles. The van der Waals surface area contributed by atoms with Gasteiger partial charge in [-0.1, -0.05) is 6.07 Å². The second kappa shape index (κ2) is 7.75. The lowest BCUT2D eigenvalue weighted by molar-refractivity contribution is -0.129. The molecule has 5 atom stereocenters. The molecule has 0 radical (unpaired) electrons. The fourth-order valence-electron chi connectivity index (χ4n) is 8.92. The maximum atomic E-state index is 13.7. The van der Waals surface area contributed by atoms with Crippen LogP contribution in [0.1, 0.15) is 49.7 Å². The van der Waals surface area contributed by atoms with Crippen LogP contribution in [0.15, 0.2) is 12.1 Å². The van der Waals surface area contributed by atoms with Crippen LogP contribution in [-0.2, 0) is 16.6 Å². The second-order valence-corrected chi connectivity index (χ2v) is 12.0. The van der Waals surface area contributed by atoms with E-state index in [0.29, 0.717) is 19.2 Å². The van der Waals surface area contributed by atoms with Crippen LogP contribution in [0.2, 0.25) is 0 Å². The van der Waals surface area contributed by atoms with Gasteiger partial charge in [-0.25, -0.2) is 4.79 Å². The van der Waals surface area contributed by atoms with Crippen molar-refractivity contribution < 1.29 is 19.0 Å². The van der Waals surface area contributed by atoms with E-state index in [1.165, 1.54) is 36.9 Å². The van der Waals surface area contributed by atoms with Gasteiger partial charge < -0.3 is 24.0 Å². The van der Waals surface area contributed by atoms with Crippen LogP contribution in [0.3, 0.4) is 0 Å². The molecular formula is C28H39N3O4. The average Bonchev–Trinajstić information content (AvgIpc) is 3.66. The van der Waals surface area contributed by atoms with Crippen molar-refractivity contribution in [1.29, 1.82) is 0 Å². The summed E-state index contributed by atoms with van der Waals surface area (Å²) >= 11 is 0. The van der Waals surface area contributed by atoms with E-state index >= 15 is 0 Å². The highest BCUT2D eigenvalue weighted by Crippen LogP contribution is 2.71. The number of rotatable bonds is 6. The third-order valence-corrected chi connectivity index (χ3v) is 10.6. The van der Waals surface area contributed by atoms with E-state index in [-0.39, 0.29) is 29.0 Å². The molecule has 2 amide bonds. The molecule has 0 unspecified atom stereocenters. The molecule has 4 heterocycles. The summed E-state index contributed by atoms with van der Waals surface area (Å²) in [5, 5.41) is 0. The number of carbonyl (C=O) groups excluding carboxylic acids is 1. The minimum Gasteiger partial charge on any atom is -0.493 e. The van der Waals surface area contributed by atoms with Gasteiger partial charge in [0.25, 0.3) is 0 Å². The van der Waals surface area contributed by atoms with E-state index in [9.17, 15) is 4.79 Å². The first kappa shape index (κ1) is 22.2. The molecule has 4 bridgehead atoms.